The summed E-state index contributed by atoms with van der Waals surface area (Å²) in [4.78, 5) is 12.9. The SMILES string of the molecule is Cc1ccc(CNC(=O)c2cc(/C=C/C#N)cc(-c3ccc(Oc4ccccc4)cc3)c2)cc1. The number of amides is 1. The van der Waals surface area contributed by atoms with Gasteiger partial charge in [0, 0.05) is 18.2 Å². The fourth-order valence-electron chi connectivity index (χ4n) is 3.51. The van der Waals surface area contributed by atoms with E-state index in [2.05, 4.69) is 5.32 Å². The summed E-state index contributed by atoms with van der Waals surface area (Å²) in [7, 11) is 0. The predicted octanol–water partition coefficient (Wildman–Crippen LogP) is 6.92. The molecule has 0 aliphatic carbocycles. The minimum Gasteiger partial charge on any atom is -0.457 e. The molecule has 0 heterocycles. The smallest absolute Gasteiger partial charge is 0.251 e. The zero-order valence-electron chi connectivity index (χ0n) is 18.9. The van der Waals surface area contributed by atoms with Gasteiger partial charge in [0.05, 0.1) is 6.07 Å². The number of para-hydroxylation sites is 1. The van der Waals surface area contributed by atoms with Crippen LogP contribution in [0.25, 0.3) is 17.2 Å². The van der Waals surface area contributed by atoms with Gasteiger partial charge in [-0.2, -0.15) is 5.26 Å². The number of nitrogens with one attached hydrogen (secondary N) is 1. The van der Waals surface area contributed by atoms with Crippen LogP contribution < -0.4 is 10.1 Å². The molecule has 0 bridgehead atoms. The van der Waals surface area contributed by atoms with Crippen LogP contribution in [0.2, 0.25) is 0 Å². The summed E-state index contributed by atoms with van der Waals surface area (Å²) < 4.78 is 5.88. The predicted molar refractivity (Wildman–Crippen MR) is 135 cm³/mol. The molecule has 4 heteroatoms. The fraction of sp³-hybridized carbons (Fsp3) is 0.0667. The van der Waals surface area contributed by atoms with Crippen LogP contribution in [-0.2, 0) is 6.54 Å². The van der Waals surface area contributed by atoms with E-state index in [0.717, 1.165) is 33.8 Å². The van der Waals surface area contributed by atoms with Gasteiger partial charge in [-0.1, -0.05) is 60.2 Å². The van der Waals surface area contributed by atoms with Crippen molar-refractivity contribution in [2.75, 3.05) is 0 Å². The standard InChI is InChI=1S/C30H24N2O2/c1-22-9-11-23(12-10-22)21-32-30(33)27-19-24(6-5-17-31)18-26(20-27)25-13-15-29(16-14-25)34-28-7-3-2-4-8-28/h2-16,18-20H,21H2,1H3,(H,32,33)/b6-5+. The van der Waals surface area contributed by atoms with E-state index in [1.807, 2.05) is 104 Å². The molecule has 0 aliphatic heterocycles. The Kier molecular flexibility index (Phi) is 7.17. The second-order valence-corrected chi connectivity index (χ2v) is 7.91. The van der Waals surface area contributed by atoms with E-state index < -0.39 is 0 Å². The van der Waals surface area contributed by atoms with Crippen LogP contribution in [-0.4, -0.2) is 5.91 Å². The number of carbonyl (C=O) groups excluding carboxylic acids is 1. The number of hydrogen-bond donors (Lipinski definition) is 1. The van der Waals surface area contributed by atoms with Gasteiger partial charge < -0.3 is 10.1 Å². The molecule has 4 rings (SSSR count). The van der Waals surface area contributed by atoms with Crippen LogP contribution in [0.5, 0.6) is 11.5 Å². The van der Waals surface area contributed by atoms with Crippen LogP contribution >= 0.6 is 0 Å². The lowest BCUT2D eigenvalue weighted by atomic mass is 9.99. The molecule has 1 N–H and O–H groups in total. The first-order valence-electron chi connectivity index (χ1n) is 11.0. The van der Waals surface area contributed by atoms with E-state index in [9.17, 15) is 4.79 Å². The number of aryl methyl sites for hydroxylation is 1. The average molecular weight is 445 g/mol. The highest BCUT2D eigenvalue weighted by Gasteiger charge is 2.10. The van der Waals surface area contributed by atoms with E-state index in [1.54, 1.807) is 12.1 Å². The third-order valence-electron chi connectivity index (χ3n) is 5.31. The van der Waals surface area contributed by atoms with Crippen LogP contribution in [0.3, 0.4) is 0 Å². The zero-order valence-corrected chi connectivity index (χ0v) is 18.9. The molecule has 0 radical (unpaired) electrons. The molecule has 166 valence electrons. The molecule has 4 aromatic carbocycles. The molecule has 0 saturated carbocycles. The molecule has 0 spiro atoms. The number of rotatable bonds is 7. The first-order chi connectivity index (χ1) is 16.6. The third kappa shape index (κ3) is 5.99. The van der Waals surface area contributed by atoms with Gasteiger partial charge in [-0.05, 0) is 77.7 Å². The number of nitrogens with zero attached hydrogens (tertiary/aromatic N) is 1. The quantitative estimate of drug-likeness (QED) is 0.315. The van der Waals surface area contributed by atoms with E-state index in [-0.39, 0.29) is 5.91 Å². The summed E-state index contributed by atoms with van der Waals surface area (Å²) in [5, 5.41) is 11.9. The summed E-state index contributed by atoms with van der Waals surface area (Å²) in [6.07, 6.45) is 3.11. The Bertz CT molecular complexity index is 1330. The molecule has 0 atom stereocenters. The summed E-state index contributed by atoms with van der Waals surface area (Å²) in [6, 6.07) is 33.0. The van der Waals surface area contributed by atoms with Crippen molar-refractivity contribution in [1.82, 2.24) is 5.32 Å². The summed E-state index contributed by atoms with van der Waals surface area (Å²) in [5.74, 6) is 1.33. The Morgan fingerprint density at radius 2 is 1.59 bits per heavy atom. The highest BCUT2D eigenvalue weighted by Crippen LogP contribution is 2.27. The van der Waals surface area contributed by atoms with Gasteiger partial charge in [0.2, 0.25) is 0 Å². The van der Waals surface area contributed by atoms with Crippen LogP contribution in [0.1, 0.15) is 27.0 Å². The lowest BCUT2D eigenvalue weighted by Gasteiger charge is -2.11. The molecule has 0 unspecified atom stereocenters. The van der Waals surface area contributed by atoms with Gasteiger partial charge in [-0.25, -0.2) is 0 Å². The number of ether oxygens (including phenoxy) is 1. The molecule has 0 fully saturated rings. The number of benzene rings is 4. The Labute approximate surface area is 199 Å². The maximum Gasteiger partial charge on any atom is 0.251 e. The molecule has 4 nitrogen and oxygen atoms in total. The Balaban J connectivity index is 1.56. The second-order valence-electron chi connectivity index (χ2n) is 7.91. The lowest BCUT2D eigenvalue weighted by Crippen LogP contribution is -2.22. The van der Waals surface area contributed by atoms with Gasteiger partial charge in [0.1, 0.15) is 11.5 Å². The van der Waals surface area contributed by atoms with Crippen LogP contribution in [0.15, 0.2) is 103 Å². The minimum atomic E-state index is -0.168. The average Bonchev–Trinajstić information content (AvgIpc) is 2.88. The van der Waals surface area contributed by atoms with Crippen molar-refractivity contribution in [3.05, 3.63) is 125 Å². The number of hydrogen-bond acceptors (Lipinski definition) is 3. The van der Waals surface area contributed by atoms with Gasteiger partial charge in [-0.3, -0.25) is 4.79 Å². The molecule has 0 saturated heterocycles. The van der Waals surface area contributed by atoms with E-state index in [4.69, 9.17) is 10.00 Å². The number of nitriles is 1. The molecule has 4 aromatic rings. The van der Waals surface area contributed by atoms with Crippen molar-refractivity contribution < 1.29 is 9.53 Å². The van der Waals surface area contributed by atoms with Gasteiger partial charge in [0.25, 0.3) is 5.91 Å². The fourth-order valence-corrected chi connectivity index (χ4v) is 3.51. The van der Waals surface area contributed by atoms with Crippen molar-refractivity contribution in [3.8, 4) is 28.7 Å². The molecule has 34 heavy (non-hydrogen) atoms. The Morgan fingerprint density at radius 1 is 0.882 bits per heavy atom. The largest absolute Gasteiger partial charge is 0.457 e. The van der Waals surface area contributed by atoms with Crippen molar-refractivity contribution in [1.29, 1.82) is 5.26 Å². The third-order valence-corrected chi connectivity index (χ3v) is 5.31. The topological polar surface area (TPSA) is 62.1 Å². The second kappa shape index (κ2) is 10.8. The van der Waals surface area contributed by atoms with E-state index >= 15 is 0 Å². The van der Waals surface area contributed by atoms with Gasteiger partial charge >= 0.3 is 0 Å². The first kappa shape index (κ1) is 22.6. The van der Waals surface area contributed by atoms with Crippen molar-refractivity contribution in [2.24, 2.45) is 0 Å². The first-order valence-corrected chi connectivity index (χ1v) is 11.0. The van der Waals surface area contributed by atoms with Crippen molar-refractivity contribution >= 4 is 12.0 Å². The number of carbonyl (C=O) groups is 1. The highest BCUT2D eigenvalue weighted by atomic mass is 16.5. The Morgan fingerprint density at radius 3 is 2.29 bits per heavy atom. The number of allylic oxidation sites excluding steroid dienone is 1. The summed E-state index contributed by atoms with van der Waals surface area (Å²) in [5.41, 5.74) is 5.36. The van der Waals surface area contributed by atoms with Crippen LogP contribution in [0, 0.1) is 18.3 Å². The highest BCUT2D eigenvalue weighted by molar-refractivity contribution is 5.96. The van der Waals surface area contributed by atoms with Gasteiger partial charge in [0.15, 0.2) is 0 Å². The monoisotopic (exact) mass is 444 g/mol. The molecular weight excluding hydrogens is 420 g/mol. The molecule has 0 aromatic heterocycles. The molecular formula is C30H24N2O2. The minimum absolute atomic E-state index is 0.168. The summed E-state index contributed by atoms with van der Waals surface area (Å²) in [6.45, 7) is 2.47. The zero-order chi connectivity index (χ0) is 23.8. The summed E-state index contributed by atoms with van der Waals surface area (Å²) >= 11 is 0. The van der Waals surface area contributed by atoms with E-state index in [1.165, 1.54) is 11.6 Å². The van der Waals surface area contributed by atoms with Crippen LogP contribution in [0.4, 0.5) is 0 Å². The normalized spacial score (nSPS) is 10.6. The molecule has 0 aliphatic rings. The van der Waals surface area contributed by atoms with Gasteiger partial charge in [-0.15, -0.1) is 0 Å². The maximum absolute atomic E-state index is 12.9. The van der Waals surface area contributed by atoms with E-state index in [0.29, 0.717) is 12.1 Å². The maximum atomic E-state index is 12.9. The van der Waals surface area contributed by atoms with Crippen molar-refractivity contribution in [3.63, 3.8) is 0 Å². The lowest BCUT2D eigenvalue weighted by molar-refractivity contribution is 0.0951. The Hall–Kier alpha value is -4.62. The molecule has 1 amide bonds. The van der Waals surface area contributed by atoms with Crippen molar-refractivity contribution in [2.45, 2.75) is 13.5 Å².